The Balaban J connectivity index is 1.50. The molecule has 1 saturated heterocycles. The quantitative estimate of drug-likeness (QED) is 0.757. The minimum atomic E-state index is 0.108. The van der Waals surface area contributed by atoms with E-state index in [1.807, 2.05) is 40.6 Å². The lowest BCUT2D eigenvalue weighted by Gasteiger charge is -2.23. The van der Waals surface area contributed by atoms with Crippen molar-refractivity contribution in [2.45, 2.75) is 38.1 Å². The summed E-state index contributed by atoms with van der Waals surface area (Å²) >= 11 is 1.61. The Hall–Kier alpha value is -2.01. The minimum absolute atomic E-state index is 0.108. The molecule has 0 saturated carbocycles. The Kier molecular flexibility index (Phi) is 5.18. The second kappa shape index (κ2) is 7.51. The zero-order chi connectivity index (χ0) is 16.1. The van der Waals surface area contributed by atoms with Crippen LogP contribution in [0.5, 0.6) is 0 Å². The van der Waals surface area contributed by atoms with Crippen molar-refractivity contribution in [1.82, 2.24) is 9.88 Å². The van der Waals surface area contributed by atoms with Crippen molar-refractivity contribution in [3.63, 3.8) is 0 Å². The molecule has 4 nitrogen and oxygen atoms in total. The Bertz CT molecular complexity index is 655. The number of likely N-dealkylation sites (tertiary alicyclic amines) is 1. The molecule has 23 heavy (non-hydrogen) atoms. The maximum absolute atomic E-state index is 12.5. The Morgan fingerprint density at radius 2 is 2.04 bits per heavy atom. The monoisotopic (exact) mass is 328 g/mol. The number of ketones is 1. The van der Waals surface area contributed by atoms with E-state index in [9.17, 15) is 9.59 Å². The highest BCUT2D eigenvalue weighted by Gasteiger charge is 2.31. The fourth-order valence-corrected chi connectivity index (χ4v) is 3.82. The fraction of sp³-hybridized carbons (Fsp3) is 0.389. The van der Waals surface area contributed by atoms with Crippen LogP contribution in [-0.4, -0.2) is 28.1 Å². The van der Waals surface area contributed by atoms with E-state index in [1.54, 1.807) is 17.5 Å². The normalized spacial score (nSPS) is 17.4. The number of nitrogens with zero attached hydrogens (tertiary/aromatic N) is 2. The predicted molar refractivity (Wildman–Crippen MR) is 90.4 cm³/mol. The van der Waals surface area contributed by atoms with Gasteiger partial charge >= 0.3 is 0 Å². The number of carbonyl (C=O) groups excluding carboxylic acids is 2. The lowest BCUT2D eigenvalue weighted by atomic mass is 10.1. The van der Waals surface area contributed by atoms with Gasteiger partial charge in [-0.1, -0.05) is 30.3 Å². The molecule has 3 rings (SSSR count). The molecule has 1 atom stereocenters. The molecule has 1 aliphatic rings. The third-order valence-electron chi connectivity index (χ3n) is 4.20. The largest absolute Gasteiger partial charge is 0.333 e. The molecule has 0 radical (unpaired) electrons. The number of amides is 1. The van der Waals surface area contributed by atoms with E-state index in [-0.39, 0.29) is 17.7 Å². The second-order valence-electron chi connectivity index (χ2n) is 5.76. The average molecular weight is 328 g/mol. The highest BCUT2D eigenvalue weighted by atomic mass is 32.1. The highest BCUT2D eigenvalue weighted by Crippen LogP contribution is 2.33. The van der Waals surface area contributed by atoms with Gasteiger partial charge in [-0.25, -0.2) is 4.98 Å². The van der Waals surface area contributed by atoms with Gasteiger partial charge in [-0.2, -0.15) is 0 Å². The van der Waals surface area contributed by atoms with E-state index in [1.165, 1.54) is 0 Å². The SMILES string of the molecule is O=C(CCCC(=O)N1CCCC1c1nccs1)c1ccccc1. The number of rotatable bonds is 6. The average Bonchev–Trinajstić information content (AvgIpc) is 3.26. The molecule has 1 aliphatic heterocycles. The summed E-state index contributed by atoms with van der Waals surface area (Å²) in [6.07, 6.45) is 5.26. The van der Waals surface area contributed by atoms with Crippen molar-refractivity contribution < 1.29 is 9.59 Å². The molecule has 0 aliphatic carbocycles. The molecule has 0 spiro atoms. The minimum Gasteiger partial charge on any atom is -0.333 e. The number of hydrogen-bond donors (Lipinski definition) is 0. The molecule has 5 heteroatoms. The number of carbonyl (C=O) groups is 2. The Labute approximate surface area is 140 Å². The molecular formula is C18H20N2O2S. The first kappa shape index (κ1) is 15.9. The van der Waals surface area contributed by atoms with Crippen molar-refractivity contribution in [1.29, 1.82) is 0 Å². The highest BCUT2D eigenvalue weighted by molar-refractivity contribution is 7.09. The molecule has 1 fully saturated rings. The molecule has 1 amide bonds. The van der Waals surface area contributed by atoms with Crippen LogP contribution in [0.4, 0.5) is 0 Å². The van der Waals surface area contributed by atoms with Crippen LogP contribution in [0.1, 0.15) is 53.5 Å². The number of Topliss-reactive ketones (excluding diaryl/α,β-unsaturated/α-hetero) is 1. The van der Waals surface area contributed by atoms with Gasteiger partial charge in [0.2, 0.25) is 5.91 Å². The van der Waals surface area contributed by atoms with Gasteiger partial charge in [-0.05, 0) is 19.3 Å². The number of benzene rings is 1. The van der Waals surface area contributed by atoms with Crippen LogP contribution in [0.25, 0.3) is 0 Å². The van der Waals surface area contributed by atoms with E-state index in [0.717, 1.165) is 30.0 Å². The first-order valence-corrected chi connectivity index (χ1v) is 8.91. The number of aromatic nitrogens is 1. The van der Waals surface area contributed by atoms with E-state index < -0.39 is 0 Å². The van der Waals surface area contributed by atoms with Crippen LogP contribution in [-0.2, 0) is 4.79 Å². The van der Waals surface area contributed by atoms with Crippen molar-refractivity contribution in [3.05, 3.63) is 52.5 Å². The molecule has 120 valence electrons. The van der Waals surface area contributed by atoms with Crippen molar-refractivity contribution >= 4 is 23.0 Å². The van der Waals surface area contributed by atoms with Crippen LogP contribution in [0.3, 0.4) is 0 Å². The molecular weight excluding hydrogens is 308 g/mol. The summed E-state index contributed by atoms with van der Waals surface area (Å²) in [5.41, 5.74) is 0.724. The third-order valence-corrected chi connectivity index (χ3v) is 5.08. The van der Waals surface area contributed by atoms with Crippen LogP contribution in [0, 0.1) is 0 Å². The zero-order valence-electron chi connectivity index (χ0n) is 13.0. The summed E-state index contributed by atoms with van der Waals surface area (Å²) in [5.74, 6) is 0.250. The van der Waals surface area contributed by atoms with Gasteiger partial charge in [-0.15, -0.1) is 11.3 Å². The van der Waals surface area contributed by atoms with Crippen LogP contribution in [0.15, 0.2) is 41.9 Å². The molecule has 0 N–H and O–H groups in total. The van der Waals surface area contributed by atoms with Crippen LogP contribution >= 0.6 is 11.3 Å². The molecule has 2 heterocycles. The fourth-order valence-electron chi connectivity index (χ4n) is 3.03. The van der Waals surface area contributed by atoms with Crippen molar-refractivity contribution in [2.24, 2.45) is 0 Å². The predicted octanol–water partition coefficient (Wildman–Crippen LogP) is 3.86. The molecule has 1 unspecified atom stereocenters. The standard InChI is InChI=1S/C18H20N2O2S/c21-16(14-6-2-1-3-7-14)9-4-10-17(22)20-12-5-8-15(20)18-19-11-13-23-18/h1-3,6-7,11,13,15H,4-5,8-10,12H2. The second-order valence-corrected chi connectivity index (χ2v) is 6.68. The smallest absolute Gasteiger partial charge is 0.223 e. The van der Waals surface area contributed by atoms with E-state index in [0.29, 0.717) is 19.3 Å². The maximum Gasteiger partial charge on any atom is 0.223 e. The summed E-state index contributed by atoms with van der Waals surface area (Å²) in [6, 6.07) is 9.40. The zero-order valence-corrected chi connectivity index (χ0v) is 13.8. The first-order valence-electron chi connectivity index (χ1n) is 8.03. The van der Waals surface area contributed by atoms with E-state index in [2.05, 4.69) is 4.98 Å². The van der Waals surface area contributed by atoms with Gasteiger partial charge in [0.15, 0.2) is 5.78 Å². The number of hydrogen-bond acceptors (Lipinski definition) is 4. The van der Waals surface area contributed by atoms with Crippen molar-refractivity contribution in [3.8, 4) is 0 Å². The maximum atomic E-state index is 12.5. The third kappa shape index (κ3) is 3.85. The summed E-state index contributed by atoms with van der Waals surface area (Å²) in [5, 5.41) is 2.98. The van der Waals surface area contributed by atoms with Crippen molar-refractivity contribution in [2.75, 3.05) is 6.54 Å². The van der Waals surface area contributed by atoms with E-state index >= 15 is 0 Å². The van der Waals surface area contributed by atoms with E-state index in [4.69, 9.17) is 0 Å². The summed E-state index contributed by atoms with van der Waals surface area (Å²) in [6.45, 7) is 0.801. The Morgan fingerprint density at radius 3 is 2.78 bits per heavy atom. The van der Waals surface area contributed by atoms with Gasteiger partial charge in [0.05, 0.1) is 6.04 Å². The lowest BCUT2D eigenvalue weighted by Crippen LogP contribution is -2.30. The molecule has 1 aromatic heterocycles. The number of thiazole rings is 1. The topological polar surface area (TPSA) is 50.3 Å². The van der Waals surface area contributed by atoms with Gasteiger partial charge in [0.25, 0.3) is 0 Å². The van der Waals surface area contributed by atoms with Crippen LogP contribution < -0.4 is 0 Å². The summed E-state index contributed by atoms with van der Waals surface area (Å²) < 4.78 is 0. The lowest BCUT2D eigenvalue weighted by molar-refractivity contribution is -0.132. The summed E-state index contributed by atoms with van der Waals surface area (Å²) in [7, 11) is 0. The van der Waals surface area contributed by atoms with Gasteiger partial charge in [0.1, 0.15) is 5.01 Å². The summed E-state index contributed by atoms with van der Waals surface area (Å²) in [4.78, 5) is 30.8. The molecule has 0 bridgehead atoms. The first-order chi connectivity index (χ1) is 11.3. The van der Waals surface area contributed by atoms with Gasteiger partial charge < -0.3 is 4.90 Å². The Morgan fingerprint density at radius 1 is 1.22 bits per heavy atom. The van der Waals surface area contributed by atoms with Crippen LogP contribution in [0.2, 0.25) is 0 Å². The van der Waals surface area contributed by atoms with Gasteiger partial charge in [-0.3, -0.25) is 9.59 Å². The molecule has 1 aromatic carbocycles. The van der Waals surface area contributed by atoms with Gasteiger partial charge in [0, 0.05) is 36.5 Å². The molecule has 2 aromatic rings.